The number of hydrogen-bond donors (Lipinski definition) is 0. The van der Waals surface area contributed by atoms with Crippen molar-refractivity contribution in [2.45, 2.75) is 49.6 Å². The summed E-state index contributed by atoms with van der Waals surface area (Å²) in [6.45, 7) is 3.70. The first-order chi connectivity index (χ1) is 20.3. The highest BCUT2D eigenvalue weighted by Crippen LogP contribution is 2.24. The monoisotopic (exact) mass is 594 g/mol. The standard InChI is InChI=1S/C31H38N4O6S/c1-42(38,39)27-12-10-24(11-13-27)30(36)34-15-2-3-16-35(31(37)28-9-5-21-41-28)20-19-33-18-14-32-29(33)25-7-4-8-26(23-25)40-22-6-17-34/h4,7-8,10-14,18,23,28H,2-3,5-6,9,15-17,19-22H2,1H3/t28-/m1/s1. The van der Waals surface area contributed by atoms with Crippen molar-refractivity contribution in [1.82, 2.24) is 19.4 Å². The molecule has 1 fully saturated rings. The molecular formula is C31H38N4O6S. The van der Waals surface area contributed by atoms with E-state index in [1.165, 1.54) is 12.1 Å². The highest BCUT2D eigenvalue weighted by atomic mass is 32.2. The van der Waals surface area contributed by atoms with E-state index in [1.807, 2.05) is 35.4 Å². The van der Waals surface area contributed by atoms with Gasteiger partial charge in [-0.25, -0.2) is 13.4 Å². The minimum atomic E-state index is -3.35. The number of ether oxygens (including phenoxy) is 2. The van der Waals surface area contributed by atoms with Crippen LogP contribution in [0.2, 0.25) is 0 Å². The Balaban J connectivity index is 1.35. The molecule has 3 aromatic rings. The molecule has 0 aliphatic carbocycles. The third-order valence-corrected chi connectivity index (χ3v) is 8.83. The first-order valence-corrected chi connectivity index (χ1v) is 16.4. The summed E-state index contributed by atoms with van der Waals surface area (Å²) < 4.78 is 37.6. The summed E-state index contributed by atoms with van der Waals surface area (Å²) in [5, 5.41) is 0. The normalized spacial score (nSPS) is 19.0. The predicted molar refractivity (Wildman–Crippen MR) is 158 cm³/mol. The largest absolute Gasteiger partial charge is 0.494 e. The number of amides is 2. The van der Waals surface area contributed by atoms with Crippen LogP contribution in [-0.2, 0) is 25.9 Å². The molecule has 0 saturated carbocycles. The van der Waals surface area contributed by atoms with E-state index in [2.05, 4.69) is 9.55 Å². The number of imidazole rings is 1. The highest BCUT2D eigenvalue weighted by molar-refractivity contribution is 7.90. The Morgan fingerprint density at radius 1 is 0.881 bits per heavy atom. The van der Waals surface area contributed by atoms with Crippen molar-refractivity contribution in [3.05, 3.63) is 66.5 Å². The number of aromatic nitrogens is 2. The molecule has 0 spiro atoms. The number of carbonyl (C=O) groups is 2. The van der Waals surface area contributed by atoms with Crippen molar-refractivity contribution in [2.24, 2.45) is 0 Å². The molecule has 10 nitrogen and oxygen atoms in total. The van der Waals surface area contributed by atoms with Crippen molar-refractivity contribution >= 4 is 21.7 Å². The smallest absolute Gasteiger partial charge is 0.253 e. The minimum absolute atomic E-state index is 0.0152. The molecule has 42 heavy (non-hydrogen) atoms. The summed E-state index contributed by atoms with van der Waals surface area (Å²) in [7, 11) is -3.35. The maximum atomic E-state index is 13.5. The number of fused-ring (bicyclic) bond motifs is 4. The molecule has 1 aromatic heterocycles. The van der Waals surface area contributed by atoms with Crippen LogP contribution in [0, 0.1) is 0 Å². The van der Waals surface area contributed by atoms with Gasteiger partial charge in [0.05, 0.1) is 11.5 Å². The topological polar surface area (TPSA) is 111 Å². The average molecular weight is 595 g/mol. The van der Waals surface area contributed by atoms with Gasteiger partial charge in [-0.15, -0.1) is 0 Å². The molecule has 0 N–H and O–H groups in total. The SMILES string of the molecule is CS(=O)(=O)c1ccc(C(=O)N2CCCCN(C(=O)[C@H]3CCCO3)CCn3ccnc3-c3cccc(c3)OCCC2)cc1. The molecule has 1 atom stereocenters. The van der Waals surface area contributed by atoms with Crippen LogP contribution in [0.4, 0.5) is 0 Å². The van der Waals surface area contributed by atoms with Crippen molar-refractivity contribution in [1.29, 1.82) is 0 Å². The molecule has 2 bridgehead atoms. The number of carbonyl (C=O) groups excluding carboxylic acids is 2. The number of sulfone groups is 1. The lowest BCUT2D eigenvalue weighted by atomic mass is 10.1. The second-order valence-corrected chi connectivity index (χ2v) is 12.8. The van der Waals surface area contributed by atoms with Gasteiger partial charge in [0.2, 0.25) is 0 Å². The summed E-state index contributed by atoms with van der Waals surface area (Å²) in [5.41, 5.74) is 1.36. The van der Waals surface area contributed by atoms with Crippen LogP contribution in [-0.4, -0.2) is 91.3 Å². The summed E-state index contributed by atoms with van der Waals surface area (Å²) in [6.07, 6.45) is 8.12. The van der Waals surface area contributed by atoms with E-state index in [-0.39, 0.29) is 16.7 Å². The summed E-state index contributed by atoms with van der Waals surface area (Å²) in [6, 6.07) is 13.8. The summed E-state index contributed by atoms with van der Waals surface area (Å²) in [4.78, 5) is 35.3. The quantitative estimate of drug-likeness (QED) is 0.455. The predicted octanol–water partition coefficient (Wildman–Crippen LogP) is 3.67. The molecule has 2 amide bonds. The molecule has 2 aromatic carbocycles. The van der Waals surface area contributed by atoms with Crippen molar-refractivity contribution in [3.8, 4) is 17.1 Å². The third kappa shape index (κ3) is 7.38. The summed E-state index contributed by atoms with van der Waals surface area (Å²) in [5.74, 6) is 1.39. The van der Waals surface area contributed by atoms with Gasteiger partial charge in [0, 0.05) is 69.1 Å². The van der Waals surface area contributed by atoms with E-state index >= 15 is 0 Å². The zero-order valence-corrected chi connectivity index (χ0v) is 24.8. The number of nitrogens with zero attached hydrogens (tertiary/aromatic N) is 4. The second kappa shape index (κ2) is 13.5. The molecule has 3 heterocycles. The lowest BCUT2D eigenvalue weighted by Crippen LogP contribution is -2.41. The van der Waals surface area contributed by atoms with E-state index in [4.69, 9.17) is 9.47 Å². The zero-order valence-electron chi connectivity index (χ0n) is 24.0. The van der Waals surface area contributed by atoms with Gasteiger partial charge in [-0.1, -0.05) is 12.1 Å². The van der Waals surface area contributed by atoms with Crippen LogP contribution >= 0.6 is 0 Å². The van der Waals surface area contributed by atoms with Crippen LogP contribution in [0.5, 0.6) is 5.75 Å². The first kappa shape index (κ1) is 29.8. The molecule has 11 heteroatoms. The van der Waals surface area contributed by atoms with Gasteiger partial charge in [0.15, 0.2) is 9.84 Å². The molecular weight excluding hydrogens is 556 g/mol. The highest BCUT2D eigenvalue weighted by Gasteiger charge is 2.28. The van der Waals surface area contributed by atoms with Gasteiger partial charge in [-0.2, -0.15) is 0 Å². The van der Waals surface area contributed by atoms with Gasteiger partial charge in [-0.05, 0) is 68.5 Å². The van der Waals surface area contributed by atoms with Gasteiger partial charge in [0.25, 0.3) is 11.8 Å². The van der Waals surface area contributed by atoms with Crippen LogP contribution in [0.15, 0.2) is 65.8 Å². The lowest BCUT2D eigenvalue weighted by Gasteiger charge is -2.27. The number of rotatable bonds is 3. The molecule has 5 rings (SSSR count). The van der Waals surface area contributed by atoms with Crippen LogP contribution < -0.4 is 4.74 Å². The van der Waals surface area contributed by atoms with E-state index < -0.39 is 15.9 Å². The fourth-order valence-electron chi connectivity index (χ4n) is 5.40. The van der Waals surface area contributed by atoms with Gasteiger partial charge in [0.1, 0.15) is 17.7 Å². The Morgan fingerprint density at radius 3 is 2.38 bits per heavy atom. The maximum absolute atomic E-state index is 13.5. The zero-order chi connectivity index (χ0) is 29.5. The molecule has 0 unspecified atom stereocenters. The molecule has 0 radical (unpaired) electrons. The van der Waals surface area contributed by atoms with E-state index in [9.17, 15) is 18.0 Å². The Kier molecular flexibility index (Phi) is 9.58. The Morgan fingerprint density at radius 2 is 1.64 bits per heavy atom. The minimum Gasteiger partial charge on any atom is -0.494 e. The Bertz CT molecular complexity index is 1480. The number of benzene rings is 2. The van der Waals surface area contributed by atoms with E-state index in [0.29, 0.717) is 64.3 Å². The van der Waals surface area contributed by atoms with Gasteiger partial charge >= 0.3 is 0 Å². The first-order valence-electron chi connectivity index (χ1n) is 14.5. The molecule has 2 aliphatic heterocycles. The number of hydrogen-bond acceptors (Lipinski definition) is 7. The van der Waals surface area contributed by atoms with Crippen molar-refractivity contribution in [3.63, 3.8) is 0 Å². The van der Waals surface area contributed by atoms with E-state index in [0.717, 1.165) is 42.7 Å². The van der Waals surface area contributed by atoms with Crippen molar-refractivity contribution in [2.75, 3.05) is 45.6 Å². The fourth-order valence-corrected chi connectivity index (χ4v) is 6.04. The molecule has 2 aliphatic rings. The van der Waals surface area contributed by atoms with E-state index in [1.54, 1.807) is 23.2 Å². The Labute approximate surface area is 247 Å². The van der Waals surface area contributed by atoms with Crippen molar-refractivity contribution < 1.29 is 27.5 Å². The molecule has 1 saturated heterocycles. The van der Waals surface area contributed by atoms with Crippen LogP contribution in [0.3, 0.4) is 0 Å². The molecule has 224 valence electrons. The summed E-state index contributed by atoms with van der Waals surface area (Å²) >= 11 is 0. The van der Waals surface area contributed by atoms with Gasteiger partial charge < -0.3 is 23.8 Å². The average Bonchev–Trinajstić information content (AvgIpc) is 3.69. The van der Waals surface area contributed by atoms with Gasteiger partial charge in [-0.3, -0.25) is 9.59 Å². The third-order valence-electron chi connectivity index (χ3n) is 7.70. The lowest BCUT2D eigenvalue weighted by molar-refractivity contribution is -0.141. The van der Waals surface area contributed by atoms with Crippen LogP contribution in [0.1, 0.15) is 42.5 Å². The maximum Gasteiger partial charge on any atom is 0.253 e. The fraction of sp³-hybridized carbons (Fsp3) is 0.452. The second-order valence-electron chi connectivity index (χ2n) is 10.8. The van der Waals surface area contributed by atoms with Crippen LogP contribution in [0.25, 0.3) is 11.4 Å². The Hall–Kier alpha value is -3.70.